The van der Waals surface area contributed by atoms with E-state index in [0.29, 0.717) is 17.4 Å². The van der Waals surface area contributed by atoms with Gasteiger partial charge in [0, 0.05) is 6.42 Å². The second-order valence-electron chi connectivity index (χ2n) is 21.3. The molecule has 0 aliphatic heterocycles. The van der Waals surface area contributed by atoms with Gasteiger partial charge in [0.05, 0.1) is 39.9 Å². The van der Waals surface area contributed by atoms with Crippen LogP contribution in [-0.4, -0.2) is 68.5 Å². The minimum absolute atomic E-state index is 0.0106. The van der Waals surface area contributed by atoms with Crippen molar-refractivity contribution in [1.29, 1.82) is 0 Å². The lowest BCUT2D eigenvalue weighted by Gasteiger charge is -2.29. The zero-order valence-corrected chi connectivity index (χ0v) is 49.4. The molecule has 3 unspecified atom stereocenters. The van der Waals surface area contributed by atoms with Gasteiger partial charge in [0.15, 0.2) is 0 Å². The molecule has 0 aromatic heterocycles. The third kappa shape index (κ3) is 56.9. The number of phosphoric acid groups is 1. The van der Waals surface area contributed by atoms with Crippen molar-refractivity contribution in [3.63, 3.8) is 0 Å². The number of rotatable bonds is 54. The summed E-state index contributed by atoms with van der Waals surface area (Å²) in [5.41, 5.74) is 0. The highest BCUT2D eigenvalue weighted by Gasteiger charge is 2.23. The topological polar surface area (TPSA) is 108 Å². The average molecular weight is 1050 g/mol. The number of allylic oxidation sites excluding steroid dienone is 17. The minimum atomic E-state index is -4.61. The predicted molar refractivity (Wildman–Crippen MR) is 320 cm³/mol. The Bertz CT molecular complexity index is 1570. The molecule has 0 spiro atoms. The van der Waals surface area contributed by atoms with E-state index < -0.39 is 26.6 Å². The second kappa shape index (κ2) is 54.9. The van der Waals surface area contributed by atoms with Crippen molar-refractivity contribution < 1.29 is 32.9 Å². The summed E-state index contributed by atoms with van der Waals surface area (Å²) in [6, 6.07) is -0.910. The zero-order valence-electron chi connectivity index (χ0n) is 48.5. The van der Waals surface area contributed by atoms with Gasteiger partial charge in [-0.25, -0.2) is 0 Å². The van der Waals surface area contributed by atoms with Gasteiger partial charge in [-0.3, -0.25) is 9.36 Å². The van der Waals surface area contributed by atoms with Crippen LogP contribution in [0.1, 0.15) is 245 Å². The fourth-order valence-electron chi connectivity index (χ4n) is 8.27. The Balaban J connectivity index is 4.15. The standard InChI is InChI=1S/C65H115N2O6P/c1-6-8-10-12-14-16-18-20-22-24-25-26-27-28-29-30-31-32-33-34-35-36-37-38-39-40-41-43-45-47-49-51-53-55-57-59-65(69)66-63(62-73-74(70,71)72-61-60-67(3,4)5)64(68)58-56-54-52-50-48-46-44-42-23-21-19-17-15-13-11-9-7-2/h8,10,14,16,20,22,25-26,28-29,31-32,34-35,48,50,56,58,63-64,68H,6-7,9,11-13,15,17-19,21,23-24,27,30,33,36-47,49,51-55,57,59-62H2,1-5H3,(H-,66,69,70,71)/b10-8-,16-14-,22-20-,26-25-,29-28-,32-31-,35-34-,50-48+,58-56+. The molecule has 0 rings (SSSR count). The van der Waals surface area contributed by atoms with Crippen LogP contribution < -0.4 is 10.2 Å². The van der Waals surface area contributed by atoms with Gasteiger partial charge in [-0.2, -0.15) is 0 Å². The molecular weight excluding hydrogens is 936 g/mol. The van der Waals surface area contributed by atoms with E-state index in [2.05, 4.69) is 116 Å². The Morgan fingerprint density at radius 2 is 0.838 bits per heavy atom. The summed E-state index contributed by atoms with van der Waals surface area (Å²) in [4.78, 5) is 25.5. The predicted octanol–water partition coefficient (Wildman–Crippen LogP) is 18.1. The van der Waals surface area contributed by atoms with E-state index in [9.17, 15) is 19.4 Å². The third-order valence-electron chi connectivity index (χ3n) is 13.0. The number of hydrogen-bond acceptors (Lipinski definition) is 6. The van der Waals surface area contributed by atoms with Crippen LogP contribution in [0.2, 0.25) is 0 Å². The summed E-state index contributed by atoms with van der Waals surface area (Å²) >= 11 is 0. The fraction of sp³-hybridized carbons (Fsp3) is 0.708. The number of hydrogen-bond donors (Lipinski definition) is 2. The van der Waals surface area contributed by atoms with E-state index in [0.717, 1.165) is 83.5 Å². The maximum atomic E-state index is 13.0. The molecular formula is C65H115N2O6P. The molecule has 0 aliphatic carbocycles. The van der Waals surface area contributed by atoms with Crippen LogP contribution >= 0.6 is 7.82 Å². The number of quaternary nitrogens is 1. The first kappa shape index (κ1) is 71.2. The fourth-order valence-corrected chi connectivity index (χ4v) is 8.99. The Kier molecular flexibility index (Phi) is 52.8. The van der Waals surface area contributed by atoms with E-state index in [1.165, 1.54) is 141 Å². The van der Waals surface area contributed by atoms with E-state index >= 15 is 0 Å². The number of amides is 1. The molecule has 3 atom stereocenters. The zero-order chi connectivity index (χ0) is 54.2. The van der Waals surface area contributed by atoms with Gasteiger partial charge < -0.3 is 28.8 Å². The lowest BCUT2D eigenvalue weighted by Crippen LogP contribution is -2.45. The van der Waals surface area contributed by atoms with Gasteiger partial charge in [-0.15, -0.1) is 0 Å². The SMILES string of the molecule is CC/C=C\C/C=C\C/C=C\C/C=C\C/C=C\C/C=C\C/C=C\CCCCCCCCCCCCCCCC(=O)NC(COP(=O)([O-])OCC[N+](C)(C)C)C(O)/C=C/CC/C=C/CCCCCCCCCCCCC. The third-order valence-corrected chi connectivity index (χ3v) is 13.9. The first-order chi connectivity index (χ1) is 36.0. The Morgan fingerprint density at radius 1 is 0.486 bits per heavy atom. The van der Waals surface area contributed by atoms with Crippen molar-refractivity contribution in [2.24, 2.45) is 0 Å². The quantitative estimate of drug-likeness (QED) is 0.0272. The smallest absolute Gasteiger partial charge is 0.268 e. The van der Waals surface area contributed by atoms with Gasteiger partial charge in [-0.1, -0.05) is 258 Å². The van der Waals surface area contributed by atoms with Crippen LogP contribution in [0.5, 0.6) is 0 Å². The number of aliphatic hydroxyl groups excluding tert-OH is 1. The maximum Gasteiger partial charge on any atom is 0.268 e. The molecule has 426 valence electrons. The number of aliphatic hydroxyl groups is 1. The molecule has 0 aromatic rings. The van der Waals surface area contributed by atoms with E-state index in [4.69, 9.17) is 9.05 Å². The average Bonchev–Trinajstić information content (AvgIpc) is 3.36. The summed E-state index contributed by atoms with van der Waals surface area (Å²) in [5.74, 6) is -0.212. The summed E-state index contributed by atoms with van der Waals surface area (Å²) in [7, 11) is 1.23. The number of carbonyl (C=O) groups excluding carboxylic acids is 1. The van der Waals surface area contributed by atoms with Crippen LogP contribution in [0.25, 0.3) is 0 Å². The number of carbonyl (C=O) groups is 1. The summed E-state index contributed by atoms with van der Waals surface area (Å²) in [5, 5.41) is 13.9. The highest BCUT2D eigenvalue weighted by atomic mass is 31.2. The van der Waals surface area contributed by atoms with Gasteiger partial charge in [0.1, 0.15) is 13.2 Å². The summed E-state index contributed by atoms with van der Waals surface area (Å²) in [6.07, 6.45) is 80.3. The van der Waals surface area contributed by atoms with Crippen LogP contribution in [0, 0.1) is 0 Å². The molecule has 0 bridgehead atoms. The van der Waals surface area contributed by atoms with Crippen LogP contribution in [0.4, 0.5) is 0 Å². The van der Waals surface area contributed by atoms with Crippen LogP contribution in [0.3, 0.4) is 0 Å². The highest BCUT2D eigenvalue weighted by Crippen LogP contribution is 2.38. The lowest BCUT2D eigenvalue weighted by atomic mass is 10.0. The monoisotopic (exact) mass is 1050 g/mol. The lowest BCUT2D eigenvalue weighted by molar-refractivity contribution is -0.870. The van der Waals surface area contributed by atoms with Gasteiger partial charge in [-0.05, 0) is 89.9 Å². The first-order valence-corrected chi connectivity index (χ1v) is 31.7. The summed E-state index contributed by atoms with van der Waals surface area (Å²) < 4.78 is 23.3. The van der Waals surface area contributed by atoms with Crippen molar-refractivity contribution in [3.8, 4) is 0 Å². The number of nitrogens with zero attached hydrogens (tertiary/aromatic N) is 1. The molecule has 0 aromatic carbocycles. The van der Waals surface area contributed by atoms with E-state index in [-0.39, 0.29) is 12.5 Å². The molecule has 0 radical (unpaired) electrons. The maximum absolute atomic E-state index is 13.0. The molecule has 0 fully saturated rings. The first-order valence-electron chi connectivity index (χ1n) is 30.2. The Hall–Kier alpha value is -2.84. The molecule has 1 amide bonds. The number of nitrogens with one attached hydrogen (secondary N) is 1. The normalized spacial score (nSPS) is 14.6. The molecule has 0 aliphatic rings. The van der Waals surface area contributed by atoms with Crippen molar-refractivity contribution in [1.82, 2.24) is 5.32 Å². The van der Waals surface area contributed by atoms with Crippen LogP contribution in [0.15, 0.2) is 109 Å². The molecule has 8 nitrogen and oxygen atoms in total. The van der Waals surface area contributed by atoms with Crippen molar-refractivity contribution in [2.75, 3.05) is 40.9 Å². The molecule has 2 N–H and O–H groups in total. The molecule has 0 heterocycles. The van der Waals surface area contributed by atoms with Crippen LogP contribution in [-0.2, 0) is 18.4 Å². The molecule has 0 saturated carbocycles. The van der Waals surface area contributed by atoms with Crippen molar-refractivity contribution in [2.45, 2.75) is 257 Å². The second-order valence-corrected chi connectivity index (χ2v) is 22.7. The van der Waals surface area contributed by atoms with Gasteiger partial charge in [0.2, 0.25) is 5.91 Å². The Labute approximate surface area is 457 Å². The Morgan fingerprint density at radius 3 is 1.26 bits per heavy atom. The number of likely N-dealkylation sites (N-methyl/N-ethyl adjacent to an activating group) is 1. The largest absolute Gasteiger partial charge is 0.756 e. The highest BCUT2D eigenvalue weighted by molar-refractivity contribution is 7.45. The van der Waals surface area contributed by atoms with Gasteiger partial charge in [0.25, 0.3) is 7.82 Å². The van der Waals surface area contributed by atoms with E-state index in [1.54, 1.807) is 6.08 Å². The molecule has 9 heteroatoms. The van der Waals surface area contributed by atoms with Crippen molar-refractivity contribution >= 4 is 13.7 Å². The number of phosphoric ester groups is 1. The molecule has 74 heavy (non-hydrogen) atoms. The molecule has 0 saturated heterocycles. The van der Waals surface area contributed by atoms with Gasteiger partial charge >= 0.3 is 0 Å². The van der Waals surface area contributed by atoms with Crippen molar-refractivity contribution in [3.05, 3.63) is 109 Å². The van der Waals surface area contributed by atoms with E-state index in [1.807, 2.05) is 27.2 Å². The minimum Gasteiger partial charge on any atom is -0.756 e. The summed E-state index contributed by atoms with van der Waals surface area (Å²) in [6.45, 7) is 4.51. The number of unbranched alkanes of at least 4 members (excludes halogenated alkanes) is 25.